The first-order chi connectivity index (χ1) is 20.5. The van der Waals surface area contributed by atoms with Gasteiger partial charge in [0.25, 0.3) is 5.56 Å². The van der Waals surface area contributed by atoms with Crippen molar-refractivity contribution in [3.63, 3.8) is 0 Å². The van der Waals surface area contributed by atoms with Crippen LogP contribution in [0, 0.1) is 11.8 Å². The first-order valence-corrected chi connectivity index (χ1v) is 15.7. The Morgan fingerprint density at radius 2 is 1.76 bits per heavy atom. The molecule has 5 rings (SSSR count). The lowest BCUT2D eigenvalue weighted by Gasteiger charge is -2.29. The molecule has 0 bridgehead atoms. The summed E-state index contributed by atoms with van der Waals surface area (Å²) >= 11 is 1.34. The Bertz CT molecular complexity index is 1530. The van der Waals surface area contributed by atoms with E-state index in [-0.39, 0.29) is 29.2 Å². The van der Waals surface area contributed by atoms with Gasteiger partial charge in [0.05, 0.1) is 29.0 Å². The third kappa shape index (κ3) is 7.50. The Hall–Kier alpha value is -3.85. The second-order valence-corrected chi connectivity index (χ2v) is 12.1. The molecule has 2 heterocycles. The Morgan fingerprint density at radius 1 is 1.00 bits per heavy atom. The van der Waals surface area contributed by atoms with Crippen molar-refractivity contribution in [3.05, 3.63) is 94.7 Å². The third-order valence-corrected chi connectivity index (χ3v) is 9.32. The lowest BCUT2D eigenvalue weighted by molar-refractivity contribution is -0.126. The van der Waals surface area contributed by atoms with Crippen molar-refractivity contribution in [2.45, 2.75) is 68.9 Å². The van der Waals surface area contributed by atoms with Gasteiger partial charge in [-0.2, -0.15) is 0 Å². The van der Waals surface area contributed by atoms with Gasteiger partial charge in [0.15, 0.2) is 5.16 Å². The van der Waals surface area contributed by atoms with Gasteiger partial charge in [-0.3, -0.25) is 19.0 Å². The van der Waals surface area contributed by atoms with E-state index in [0.717, 1.165) is 32.1 Å². The molecule has 42 heavy (non-hydrogen) atoms. The number of carbonyl (C=O) groups is 2. The molecule has 0 aliphatic heterocycles. The van der Waals surface area contributed by atoms with E-state index in [0.29, 0.717) is 47.9 Å². The number of hydrogen-bond donors (Lipinski definition) is 2. The molecule has 1 atom stereocenters. The maximum atomic E-state index is 13.7. The molecule has 1 fully saturated rings. The minimum absolute atomic E-state index is 0.000325. The smallest absolute Gasteiger partial charge is 0.262 e. The largest absolute Gasteiger partial charge is 0.467 e. The lowest BCUT2D eigenvalue weighted by Crippen LogP contribution is -2.36. The highest BCUT2D eigenvalue weighted by Gasteiger charge is 2.28. The van der Waals surface area contributed by atoms with E-state index in [2.05, 4.69) is 22.8 Å². The molecule has 0 unspecified atom stereocenters. The van der Waals surface area contributed by atoms with Crippen LogP contribution >= 0.6 is 11.8 Å². The van der Waals surface area contributed by atoms with Crippen LogP contribution < -0.4 is 16.2 Å². The molecule has 220 valence electrons. The summed E-state index contributed by atoms with van der Waals surface area (Å²) in [5.41, 5.74) is 1.75. The number of nitrogens with one attached hydrogen (secondary N) is 2. The average Bonchev–Trinajstić information content (AvgIpc) is 3.55. The molecule has 2 aromatic heterocycles. The standard InChI is InChI=1S/C33H38N4O4S/c1-2-29(31(39)35-21-26-11-8-20-41-26)42-33-36-28-13-7-6-12-27(28)32(40)37(33)22-24-14-16-25(17-15-24)30(38)34-19-18-23-9-4-3-5-10-23/h3-13,20,24-25,29H,2,14-19,21-22H2,1H3,(H,34,38)(H,35,39)/t24?,25?,29-/m0/s1. The van der Waals surface area contributed by atoms with Crippen LogP contribution in [0.2, 0.25) is 0 Å². The van der Waals surface area contributed by atoms with E-state index in [1.807, 2.05) is 49.4 Å². The van der Waals surface area contributed by atoms with Crippen LogP contribution in [-0.4, -0.2) is 33.2 Å². The fraction of sp³-hybridized carbons (Fsp3) is 0.394. The lowest BCUT2D eigenvalue weighted by atomic mass is 9.81. The van der Waals surface area contributed by atoms with Gasteiger partial charge in [0.2, 0.25) is 11.8 Å². The summed E-state index contributed by atoms with van der Waals surface area (Å²) in [6, 6.07) is 21.1. The molecule has 2 amide bonds. The Balaban J connectivity index is 1.23. The van der Waals surface area contributed by atoms with Crippen LogP contribution in [0.1, 0.15) is 50.4 Å². The molecule has 8 nitrogen and oxygen atoms in total. The normalized spacial score (nSPS) is 17.5. The molecule has 2 aromatic carbocycles. The van der Waals surface area contributed by atoms with Crippen molar-refractivity contribution in [3.8, 4) is 0 Å². The number of nitrogens with zero attached hydrogens (tertiary/aromatic N) is 2. The molecule has 0 radical (unpaired) electrons. The van der Waals surface area contributed by atoms with Gasteiger partial charge in [-0.1, -0.05) is 61.2 Å². The number of amides is 2. The minimum Gasteiger partial charge on any atom is -0.467 e. The number of benzene rings is 2. The monoisotopic (exact) mass is 586 g/mol. The summed E-state index contributed by atoms with van der Waals surface area (Å²) in [5.74, 6) is 0.943. The summed E-state index contributed by atoms with van der Waals surface area (Å²) in [4.78, 5) is 44.4. The molecule has 1 saturated carbocycles. The maximum Gasteiger partial charge on any atom is 0.262 e. The van der Waals surface area contributed by atoms with Crippen molar-refractivity contribution in [1.29, 1.82) is 0 Å². The predicted molar refractivity (Wildman–Crippen MR) is 165 cm³/mol. The molecule has 2 N–H and O–H groups in total. The summed E-state index contributed by atoms with van der Waals surface area (Å²) < 4.78 is 7.09. The van der Waals surface area contributed by atoms with E-state index >= 15 is 0 Å². The Labute approximate surface area is 250 Å². The second kappa shape index (κ2) is 14.4. The predicted octanol–water partition coefficient (Wildman–Crippen LogP) is 5.34. The van der Waals surface area contributed by atoms with Gasteiger partial charge in [-0.15, -0.1) is 0 Å². The highest BCUT2D eigenvalue weighted by atomic mass is 32.2. The van der Waals surface area contributed by atoms with Crippen molar-refractivity contribution in [2.75, 3.05) is 6.54 Å². The highest BCUT2D eigenvalue weighted by molar-refractivity contribution is 8.00. The summed E-state index contributed by atoms with van der Waals surface area (Å²) in [5, 5.41) is 6.77. The minimum atomic E-state index is -0.408. The van der Waals surface area contributed by atoms with Gasteiger partial charge in [0.1, 0.15) is 5.76 Å². The maximum absolute atomic E-state index is 13.7. The summed E-state index contributed by atoms with van der Waals surface area (Å²) in [6.07, 6.45) is 6.31. The SMILES string of the molecule is CC[C@H](Sc1nc2ccccc2c(=O)n1CC1CCC(C(=O)NCCc2ccccc2)CC1)C(=O)NCc1ccco1. The zero-order valence-corrected chi connectivity index (χ0v) is 24.8. The van der Waals surface area contributed by atoms with Gasteiger partial charge in [0, 0.05) is 19.0 Å². The fourth-order valence-corrected chi connectivity index (χ4v) is 6.58. The molecule has 0 spiro atoms. The van der Waals surface area contributed by atoms with Crippen molar-refractivity contribution < 1.29 is 14.0 Å². The van der Waals surface area contributed by atoms with Gasteiger partial charge in [-0.25, -0.2) is 4.98 Å². The van der Waals surface area contributed by atoms with Gasteiger partial charge in [-0.05, 0) is 74.3 Å². The number of para-hydroxylation sites is 1. The average molecular weight is 587 g/mol. The fourth-order valence-electron chi connectivity index (χ4n) is 5.53. The highest BCUT2D eigenvalue weighted by Crippen LogP contribution is 2.32. The Morgan fingerprint density at radius 3 is 2.50 bits per heavy atom. The topological polar surface area (TPSA) is 106 Å². The second-order valence-electron chi connectivity index (χ2n) is 10.9. The summed E-state index contributed by atoms with van der Waals surface area (Å²) in [7, 11) is 0. The van der Waals surface area contributed by atoms with Crippen LogP contribution in [0.4, 0.5) is 0 Å². The first kappa shape index (κ1) is 29.6. The van der Waals surface area contributed by atoms with Crippen LogP contribution in [0.3, 0.4) is 0 Å². The number of rotatable bonds is 12. The number of furan rings is 1. The molecular weight excluding hydrogens is 548 g/mol. The zero-order chi connectivity index (χ0) is 29.3. The number of aromatic nitrogens is 2. The Kier molecular flexibility index (Phi) is 10.1. The molecule has 4 aromatic rings. The summed E-state index contributed by atoms with van der Waals surface area (Å²) in [6.45, 7) is 3.42. The van der Waals surface area contributed by atoms with E-state index < -0.39 is 5.25 Å². The first-order valence-electron chi connectivity index (χ1n) is 14.8. The number of hydrogen-bond acceptors (Lipinski definition) is 6. The van der Waals surface area contributed by atoms with E-state index in [9.17, 15) is 14.4 Å². The van der Waals surface area contributed by atoms with Gasteiger partial charge < -0.3 is 15.1 Å². The molecular formula is C33H38N4O4S. The van der Waals surface area contributed by atoms with Crippen molar-refractivity contribution in [2.24, 2.45) is 11.8 Å². The van der Waals surface area contributed by atoms with E-state index in [1.165, 1.54) is 17.3 Å². The van der Waals surface area contributed by atoms with Crippen molar-refractivity contribution in [1.82, 2.24) is 20.2 Å². The van der Waals surface area contributed by atoms with Crippen LogP contribution in [0.5, 0.6) is 0 Å². The molecule has 1 aliphatic carbocycles. The number of thioether (sulfide) groups is 1. The molecule has 9 heteroatoms. The molecule has 1 aliphatic rings. The number of fused-ring (bicyclic) bond motifs is 1. The van der Waals surface area contributed by atoms with Crippen LogP contribution in [0.15, 0.2) is 87.4 Å². The zero-order valence-electron chi connectivity index (χ0n) is 24.0. The van der Waals surface area contributed by atoms with E-state index in [4.69, 9.17) is 9.40 Å². The molecule has 0 saturated heterocycles. The van der Waals surface area contributed by atoms with Crippen molar-refractivity contribution >= 4 is 34.5 Å². The van der Waals surface area contributed by atoms with E-state index in [1.54, 1.807) is 23.0 Å². The number of carbonyl (C=O) groups excluding carboxylic acids is 2. The quantitative estimate of drug-likeness (QED) is 0.171. The van der Waals surface area contributed by atoms with Gasteiger partial charge >= 0.3 is 0 Å². The van der Waals surface area contributed by atoms with Crippen LogP contribution in [-0.2, 0) is 29.1 Å². The third-order valence-electron chi connectivity index (χ3n) is 7.97. The van der Waals surface area contributed by atoms with Crippen LogP contribution in [0.25, 0.3) is 10.9 Å².